The molecule has 1 amide bonds. The van der Waals surface area contributed by atoms with Gasteiger partial charge in [-0.25, -0.2) is 13.4 Å². The van der Waals surface area contributed by atoms with E-state index in [9.17, 15) is 13.2 Å². The predicted molar refractivity (Wildman–Crippen MR) is 110 cm³/mol. The van der Waals surface area contributed by atoms with Crippen LogP contribution in [0.25, 0.3) is 10.6 Å². The fourth-order valence-electron chi connectivity index (χ4n) is 2.06. The molecule has 0 aliphatic heterocycles. The Hall–Kier alpha value is -1.26. The molecule has 2 aromatic heterocycles. The maximum absolute atomic E-state index is 12.3. The van der Waals surface area contributed by atoms with E-state index in [1.165, 1.54) is 35.6 Å². The number of carbonyl (C=O) groups excluding carboxylic acids is 1. The van der Waals surface area contributed by atoms with Gasteiger partial charge in [0, 0.05) is 16.8 Å². The molecular formula is C16H12BrClN2O3S3. The Morgan fingerprint density at radius 3 is 2.58 bits per heavy atom. The molecule has 26 heavy (non-hydrogen) atoms. The molecule has 0 spiro atoms. The lowest BCUT2D eigenvalue weighted by atomic mass is 10.4. The van der Waals surface area contributed by atoms with Crippen LogP contribution in [0.4, 0.5) is 5.13 Å². The molecule has 0 saturated carbocycles. The van der Waals surface area contributed by atoms with E-state index in [1.54, 1.807) is 11.3 Å². The van der Waals surface area contributed by atoms with Crippen molar-refractivity contribution < 1.29 is 13.2 Å². The van der Waals surface area contributed by atoms with Crippen LogP contribution in [-0.4, -0.2) is 25.1 Å². The lowest BCUT2D eigenvalue weighted by Crippen LogP contribution is -2.17. The van der Waals surface area contributed by atoms with E-state index in [4.69, 9.17) is 11.6 Å². The number of sulfone groups is 1. The second kappa shape index (κ2) is 8.18. The van der Waals surface area contributed by atoms with Crippen molar-refractivity contribution >= 4 is 71.1 Å². The number of nitrogens with one attached hydrogen (secondary N) is 1. The van der Waals surface area contributed by atoms with Crippen LogP contribution in [0.3, 0.4) is 0 Å². The van der Waals surface area contributed by atoms with Gasteiger partial charge < -0.3 is 5.32 Å². The summed E-state index contributed by atoms with van der Waals surface area (Å²) >= 11 is 12.0. The van der Waals surface area contributed by atoms with E-state index in [-0.39, 0.29) is 17.1 Å². The molecule has 3 rings (SSSR count). The van der Waals surface area contributed by atoms with E-state index in [0.717, 1.165) is 14.4 Å². The smallest absolute Gasteiger partial charge is 0.227 e. The molecule has 136 valence electrons. The standard InChI is InChI=1S/C16H12BrClN2O3S3/c17-14-6-5-13(25-14)12-9-24-16(19-12)20-15(21)7-8-26(22,23)11-3-1-10(18)2-4-11/h1-6,9H,7-8H2,(H,19,20,21). The molecule has 0 bridgehead atoms. The van der Waals surface area contributed by atoms with Crippen LogP contribution in [0.5, 0.6) is 0 Å². The summed E-state index contributed by atoms with van der Waals surface area (Å²) in [6.45, 7) is 0. The Labute approximate surface area is 172 Å². The summed E-state index contributed by atoms with van der Waals surface area (Å²) in [5.41, 5.74) is 0.773. The summed E-state index contributed by atoms with van der Waals surface area (Å²) in [5.74, 6) is -0.674. The average Bonchev–Trinajstić information content (AvgIpc) is 3.22. The molecule has 2 heterocycles. The molecule has 5 nitrogen and oxygen atoms in total. The number of nitrogens with zero attached hydrogens (tertiary/aromatic N) is 1. The van der Waals surface area contributed by atoms with Gasteiger partial charge >= 0.3 is 0 Å². The Balaban J connectivity index is 1.59. The van der Waals surface area contributed by atoms with Gasteiger partial charge in [0.2, 0.25) is 5.91 Å². The van der Waals surface area contributed by atoms with Crippen LogP contribution in [0.15, 0.2) is 50.5 Å². The summed E-state index contributed by atoms with van der Waals surface area (Å²) in [6, 6.07) is 9.75. The minimum Gasteiger partial charge on any atom is -0.302 e. The third kappa shape index (κ3) is 4.92. The Morgan fingerprint density at radius 1 is 1.19 bits per heavy atom. The molecule has 0 fully saturated rings. The second-order valence-corrected chi connectivity index (χ2v) is 11.1. The minimum absolute atomic E-state index is 0.148. The van der Waals surface area contributed by atoms with Gasteiger partial charge in [0.05, 0.1) is 25.0 Å². The van der Waals surface area contributed by atoms with E-state index < -0.39 is 15.7 Å². The van der Waals surface area contributed by atoms with Crippen molar-refractivity contribution in [3.05, 3.63) is 50.6 Å². The predicted octanol–water partition coefficient (Wildman–Crippen LogP) is 5.09. The van der Waals surface area contributed by atoms with E-state index in [2.05, 4.69) is 26.2 Å². The molecule has 0 aliphatic rings. The molecular weight excluding hydrogens is 480 g/mol. The minimum atomic E-state index is -3.54. The molecule has 0 unspecified atom stereocenters. The topological polar surface area (TPSA) is 76.1 Å². The van der Waals surface area contributed by atoms with E-state index in [0.29, 0.717) is 10.2 Å². The first-order valence-corrected chi connectivity index (χ1v) is 11.8. The zero-order chi connectivity index (χ0) is 18.7. The lowest BCUT2D eigenvalue weighted by Gasteiger charge is -2.05. The van der Waals surface area contributed by atoms with E-state index >= 15 is 0 Å². The molecule has 3 aromatic rings. The molecule has 10 heteroatoms. The van der Waals surface area contributed by atoms with Gasteiger partial charge in [-0.1, -0.05) is 11.6 Å². The number of aromatic nitrogens is 1. The summed E-state index contributed by atoms with van der Waals surface area (Å²) < 4.78 is 25.5. The van der Waals surface area contributed by atoms with Gasteiger partial charge in [-0.2, -0.15) is 0 Å². The SMILES string of the molecule is O=C(CCS(=O)(=O)c1ccc(Cl)cc1)Nc1nc(-c2ccc(Br)s2)cs1. The van der Waals surface area contributed by atoms with Crippen molar-refractivity contribution in [1.82, 2.24) is 4.98 Å². The number of benzene rings is 1. The van der Waals surface area contributed by atoms with E-state index in [1.807, 2.05) is 17.5 Å². The summed E-state index contributed by atoms with van der Waals surface area (Å²) in [7, 11) is -3.54. The zero-order valence-corrected chi connectivity index (χ0v) is 17.9. The first kappa shape index (κ1) is 19.5. The number of hydrogen-bond donors (Lipinski definition) is 1. The van der Waals surface area contributed by atoms with Gasteiger partial charge in [0.25, 0.3) is 0 Å². The maximum atomic E-state index is 12.3. The second-order valence-electron chi connectivity index (χ2n) is 5.21. The Morgan fingerprint density at radius 2 is 1.92 bits per heavy atom. The largest absolute Gasteiger partial charge is 0.302 e. The molecule has 0 saturated heterocycles. The number of thiophene rings is 1. The van der Waals surface area contributed by atoms with Crippen molar-refractivity contribution in [2.24, 2.45) is 0 Å². The van der Waals surface area contributed by atoms with Crippen LogP contribution in [0.1, 0.15) is 6.42 Å². The highest BCUT2D eigenvalue weighted by Crippen LogP contribution is 2.33. The van der Waals surface area contributed by atoms with Gasteiger partial charge in [0.15, 0.2) is 15.0 Å². The Kier molecular flexibility index (Phi) is 6.13. The van der Waals surface area contributed by atoms with Gasteiger partial charge in [-0.3, -0.25) is 4.79 Å². The average molecular weight is 492 g/mol. The van der Waals surface area contributed by atoms with Crippen LogP contribution in [0.2, 0.25) is 5.02 Å². The molecule has 0 aliphatic carbocycles. The van der Waals surface area contributed by atoms with Crippen molar-refractivity contribution in [1.29, 1.82) is 0 Å². The Bertz CT molecular complexity index is 1030. The number of anilines is 1. The highest BCUT2D eigenvalue weighted by atomic mass is 79.9. The molecule has 0 radical (unpaired) electrons. The van der Waals surface area contributed by atoms with Crippen molar-refractivity contribution in [2.75, 3.05) is 11.1 Å². The number of carbonyl (C=O) groups is 1. The first-order chi connectivity index (χ1) is 12.3. The van der Waals surface area contributed by atoms with Crippen molar-refractivity contribution in [3.63, 3.8) is 0 Å². The third-order valence-corrected chi connectivity index (χ3v) is 7.73. The van der Waals surface area contributed by atoms with Gasteiger partial charge in [-0.05, 0) is 52.3 Å². The summed E-state index contributed by atoms with van der Waals surface area (Å²) in [5, 5.41) is 5.39. The highest BCUT2D eigenvalue weighted by Gasteiger charge is 2.17. The van der Waals surface area contributed by atoms with Crippen molar-refractivity contribution in [3.8, 4) is 10.6 Å². The molecule has 1 N–H and O–H groups in total. The highest BCUT2D eigenvalue weighted by molar-refractivity contribution is 9.11. The number of amides is 1. The maximum Gasteiger partial charge on any atom is 0.227 e. The van der Waals surface area contributed by atoms with Crippen LogP contribution in [0, 0.1) is 0 Å². The number of thiazole rings is 1. The fourth-order valence-corrected chi connectivity index (χ4v) is 5.58. The summed E-state index contributed by atoms with van der Waals surface area (Å²) in [4.78, 5) is 17.6. The van der Waals surface area contributed by atoms with Crippen LogP contribution in [-0.2, 0) is 14.6 Å². The lowest BCUT2D eigenvalue weighted by molar-refractivity contribution is -0.115. The number of halogens is 2. The summed E-state index contributed by atoms with van der Waals surface area (Å²) in [6.07, 6.45) is -0.148. The van der Waals surface area contributed by atoms with Crippen molar-refractivity contribution in [2.45, 2.75) is 11.3 Å². The van der Waals surface area contributed by atoms with Gasteiger partial charge in [0.1, 0.15) is 0 Å². The monoisotopic (exact) mass is 490 g/mol. The third-order valence-electron chi connectivity index (χ3n) is 3.35. The van der Waals surface area contributed by atoms with Crippen LogP contribution < -0.4 is 5.32 Å². The quantitative estimate of drug-likeness (QED) is 0.521. The van der Waals surface area contributed by atoms with Gasteiger partial charge in [-0.15, -0.1) is 22.7 Å². The molecule has 1 aromatic carbocycles. The first-order valence-electron chi connectivity index (χ1n) is 7.33. The fraction of sp³-hybridized carbons (Fsp3) is 0.125. The normalized spacial score (nSPS) is 11.5. The zero-order valence-electron chi connectivity index (χ0n) is 13.1. The van der Waals surface area contributed by atoms with Crippen LogP contribution >= 0.6 is 50.2 Å². The number of rotatable bonds is 6. The number of hydrogen-bond acceptors (Lipinski definition) is 6. The molecule has 0 atom stereocenters.